The molecular weight excluding hydrogens is 280 g/mol. The van der Waals surface area contributed by atoms with E-state index in [0.29, 0.717) is 17.8 Å². The highest BCUT2D eigenvalue weighted by molar-refractivity contribution is 5.93. The molecule has 0 saturated heterocycles. The van der Waals surface area contributed by atoms with E-state index in [9.17, 15) is 9.59 Å². The first kappa shape index (κ1) is 16.3. The van der Waals surface area contributed by atoms with Gasteiger partial charge in [0.15, 0.2) is 0 Å². The molecule has 2 rings (SSSR count). The molecule has 0 atom stereocenters. The molecule has 4 heteroatoms. The molecule has 0 radical (unpaired) electrons. The second-order valence-electron chi connectivity index (χ2n) is 5.41. The zero-order chi connectivity index (χ0) is 15.8. The SMILES string of the molecule is CCCCCCCCOC(=O)c1ccc2ccc(=O)oc2c1. The largest absolute Gasteiger partial charge is 0.462 e. The van der Waals surface area contributed by atoms with Crippen LogP contribution in [0, 0.1) is 0 Å². The summed E-state index contributed by atoms with van der Waals surface area (Å²) in [6.45, 7) is 2.62. The molecule has 22 heavy (non-hydrogen) atoms. The van der Waals surface area contributed by atoms with Crippen LogP contribution >= 0.6 is 0 Å². The number of hydrogen-bond donors (Lipinski definition) is 0. The zero-order valence-electron chi connectivity index (χ0n) is 13.0. The van der Waals surface area contributed by atoms with Crippen LogP contribution in [-0.2, 0) is 4.74 Å². The van der Waals surface area contributed by atoms with Gasteiger partial charge in [-0.25, -0.2) is 9.59 Å². The van der Waals surface area contributed by atoms with E-state index in [-0.39, 0.29) is 5.97 Å². The summed E-state index contributed by atoms with van der Waals surface area (Å²) in [5.41, 5.74) is 0.388. The molecule has 1 aromatic heterocycles. The molecule has 0 N–H and O–H groups in total. The van der Waals surface area contributed by atoms with E-state index in [1.807, 2.05) is 0 Å². The van der Waals surface area contributed by atoms with Crippen LogP contribution in [0.2, 0.25) is 0 Å². The van der Waals surface area contributed by atoms with Gasteiger partial charge in [0.2, 0.25) is 0 Å². The maximum Gasteiger partial charge on any atom is 0.338 e. The number of ether oxygens (including phenoxy) is 1. The summed E-state index contributed by atoms with van der Waals surface area (Å²) in [6, 6.07) is 8.03. The maximum atomic E-state index is 12.0. The zero-order valence-corrected chi connectivity index (χ0v) is 13.0. The van der Waals surface area contributed by atoms with Gasteiger partial charge in [-0.1, -0.05) is 45.1 Å². The number of carbonyl (C=O) groups is 1. The number of fused-ring (bicyclic) bond motifs is 1. The number of hydrogen-bond acceptors (Lipinski definition) is 4. The second-order valence-corrected chi connectivity index (χ2v) is 5.41. The monoisotopic (exact) mass is 302 g/mol. The maximum absolute atomic E-state index is 12.0. The van der Waals surface area contributed by atoms with E-state index in [1.54, 1.807) is 24.3 Å². The van der Waals surface area contributed by atoms with Crippen molar-refractivity contribution in [3.63, 3.8) is 0 Å². The van der Waals surface area contributed by atoms with Crippen LogP contribution in [0.3, 0.4) is 0 Å². The third kappa shape index (κ3) is 4.72. The Morgan fingerprint density at radius 2 is 1.77 bits per heavy atom. The summed E-state index contributed by atoms with van der Waals surface area (Å²) in [5, 5.41) is 0.784. The van der Waals surface area contributed by atoms with Gasteiger partial charge in [-0.2, -0.15) is 0 Å². The van der Waals surface area contributed by atoms with Crippen molar-refractivity contribution in [2.45, 2.75) is 45.4 Å². The molecule has 2 aromatic rings. The van der Waals surface area contributed by atoms with Gasteiger partial charge >= 0.3 is 11.6 Å². The summed E-state index contributed by atoms with van der Waals surface area (Å²) in [4.78, 5) is 23.2. The molecule has 1 heterocycles. The Morgan fingerprint density at radius 1 is 1.05 bits per heavy atom. The van der Waals surface area contributed by atoms with E-state index in [1.165, 1.54) is 31.7 Å². The highest BCUT2D eigenvalue weighted by Crippen LogP contribution is 2.15. The van der Waals surface area contributed by atoms with Gasteiger partial charge in [-0.15, -0.1) is 0 Å². The molecule has 4 nitrogen and oxygen atoms in total. The minimum absolute atomic E-state index is 0.373. The molecular formula is C18H22O4. The Bertz CT molecular complexity index is 672. The van der Waals surface area contributed by atoms with Gasteiger partial charge in [0.1, 0.15) is 5.58 Å². The standard InChI is InChI=1S/C18H22O4/c1-2-3-4-5-6-7-12-21-18(20)15-9-8-14-10-11-17(19)22-16(14)13-15/h8-11,13H,2-7,12H2,1H3. The highest BCUT2D eigenvalue weighted by Gasteiger charge is 2.09. The average Bonchev–Trinajstić information content (AvgIpc) is 2.53. The fraction of sp³-hybridized carbons (Fsp3) is 0.444. The smallest absolute Gasteiger partial charge is 0.338 e. The molecule has 0 aliphatic rings. The number of unbranched alkanes of at least 4 members (excludes halogenated alkanes) is 5. The minimum Gasteiger partial charge on any atom is -0.462 e. The van der Waals surface area contributed by atoms with Gasteiger partial charge in [0.05, 0.1) is 12.2 Å². The number of benzene rings is 1. The molecule has 118 valence electrons. The first-order valence-corrected chi connectivity index (χ1v) is 7.92. The lowest BCUT2D eigenvalue weighted by molar-refractivity contribution is 0.0497. The van der Waals surface area contributed by atoms with E-state index < -0.39 is 5.63 Å². The molecule has 1 aromatic carbocycles. The minimum atomic E-state index is -0.426. The van der Waals surface area contributed by atoms with Crippen molar-refractivity contribution in [2.24, 2.45) is 0 Å². The molecule has 0 aliphatic heterocycles. The number of carbonyl (C=O) groups excluding carboxylic acids is 1. The van der Waals surface area contributed by atoms with Crippen LogP contribution < -0.4 is 5.63 Å². The van der Waals surface area contributed by atoms with Crippen LogP contribution in [0.15, 0.2) is 39.5 Å². The van der Waals surface area contributed by atoms with Crippen molar-refractivity contribution < 1.29 is 13.9 Å². The van der Waals surface area contributed by atoms with Crippen LogP contribution in [0.25, 0.3) is 11.0 Å². The van der Waals surface area contributed by atoms with E-state index >= 15 is 0 Å². The first-order chi connectivity index (χ1) is 10.7. The van der Waals surface area contributed by atoms with E-state index in [4.69, 9.17) is 9.15 Å². The van der Waals surface area contributed by atoms with Gasteiger partial charge in [-0.3, -0.25) is 0 Å². The molecule has 0 amide bonds. The summed E-state index contributed by atoms with van der Waals surface area (Å²) in [6.07, 6.45) is 6.90. The lowest BCUT2D eigenvalue weighted by atomic mass is 10.1. The van der Waals surface area contributed by atoms with Crippen molar-refractivity contribution in [3.8, 4) is 0 Å². The van der Waals surface area contributed by atoms with Crippen molar-refractivity contribution in [2.75, 3.05) is 6.61 Å². The molecule has 0 bridgehead atoms. The molecule has 0 unspecified atom stereocenters. The fourth-order valence-electron chi connectivity index (χ4n) is 2.32. The van der Waals surface area contributed by atoms with Gasteiger partial charge in [0.25, 0.3) is 0 Å². The molecule has 0 saturated carbocycles. The Hall–Kier alpha value is -2.10. The third-order valence-electron chi connectivity index (χ3n) is 3.59. The highest BCUT2D eigenvalue weighted by atomic mass is 16.5. The topological polar surface area (TPSA) is 56.5 Å². The fourth-order valence-corrected chi connectivity index (χ4v) is 2.32. The Kier molecular flexibility index (Phi) is 6.19. The molecule has 0 spiro atoms. The van der Waals surface area contributed by atoms with E-state index in [2.05, 4.69) is 6.92 Å². The summed E-state index contributed by atoms with van der Waals surface area (Å²) in [5.74, 6) is -0.373. The average molecular weight is 302 g/mol. The Balaban J connectivity index is 1.83. The predicted octanol–water partition coefficient (Wildman–Crippen LogP) is 4.31. The molecule has 0 fully saturated rings. The Labute approximate surface area is 130 Å². The lowest BCUT2D eigenvalue weighted by Gasteiger charge is -2.05. The van der Waals surface area contributed by atoms with Crippen LogP contribution in [0.1, 0.15) is 55.8 Å². The number of esters is 1. The second kappa shape index (κ2) is 8.37. The van der Waals surface area contributed by atoms with Gasteiger partial charge in [0, 0.05) is 11.5 Å². The first-order valence-electron chi connectivity index (χ1n) is 7.92. The van der Waals surface area contributed by atoms with Crippen molar-refractivity contribution in [1.29, 1.82) is 0 Å². The van der Waals surface area contributed by atoms with Crippen LogP contribution in [0.4, 0.5) is 0 Å². The summed E-state index contributed by atoms with van der Waals surface area (Å²) >= 11 is 0. The van der Waals surface area contributed by atoms with E-state index in [0.717, 1.165) is 18.2 Å². The summed E-state index contributed by atoms with van der Waals surface area (Å²) < 4.78 is 10.3. The summed E-state index contributed by atoms with van der Waals surface area (Å²) in [7, 11) is 0. The normalized spacial score (nSPS) is 10.8. The predicted molar refractivity (Wildman–Crippen MR) is 86.1 cm³/mol. The van der Waals surface area contributed by atoms with Crippen molar-refractivity contribution >= 4 is 16.9 Å². The third-order valence-corrected chi connectivity index (χ3v) is 3.59. The van der Waals surface area contributed by atoms with Crippen molar-refractivity contribution in [3.05, 3.63) is 46.3 Å². The van der Waals surface area contributed by atoms with Gasteiger partial charge < -0.3 is 9.15 Å². The van der Waals surface area contributed by atoms with Gasteiger partial charge in [-0.05, 0) is 24.6 Å². The number of rotatable bonds is 8. The lowest BCUT2D eigenvalue weighted by Crippen LogP contribution is -2.06. The van der Waals surface area contributed by atoms with Crippen LogP contribution in [-0.4, -0.2) is 12.6 Å². The van der Waals surface area contributed by atoms with Crippen LogP contribution in [0.5, 0.6) is 0 Å². The quantitative estimate of drug-likeness (QED) is 0.414. The Morgan fingerprint density at radius 3 is 2.59 bits per heavy atom. The molecule has 0 aliphatic carbocycles. The van der Waals surface area contributed by atoms with Crippen molar-refractivity contribution in [1.82, 2.24) is 0 Å².